The predicted molar refractivity (Wildman–Crippen MR) is 65.3 cm³/mol. The van der Waals surface area contributed by atoms with Crippen molar-refractivity contribution in [1.29, 1.82) is 0 Å². The van der Waals surface area contributed by atoms with E-state index < -0.39 is 0 Å². The van der Waals surface area contributed by atoms with Crippen molar-refractivity contribution < 1.29 is 4.74 Å². The lowest BCUT2D eigenvalue weighted by molar-refractivity contribution is 0.391. The molecule has 0 radical (unpaired) electrons. The van der Waals surface area contributed by atoms with Gasteiger partial charge in [0.15, 0.2) is 5.75 Å². The average Bonchev–Trinajstić information content (AvgIpc) is 2.91. The summed E-state index contributed by atoms with van der Waals surface area (Å²) in [5, 5.41) is 4.72. The van der Waals surface area contributed by atoms with Gasteiger partial charge in [-0.2, -0.15) is 16.9 Å². The lowest BCUT2D eigenvalue weighted by atomic mass is 10.1. The zero-order chi connectivity index (χ0) is 11.5. The highest BCUT2D eigenvalue weighted by Crippen LogP contribution is 2.38. The fourth-order valence-corrected chi connectivity index (χ4v) is 3.54. The molecular formula is C10H18N4OS. The first-order chi connectivity index (χ1) is 7.77. The molecule has 1 aliphatic rings. The molecule has 3 N–H and O–H groups in total. The second-order valence-electron chi connectivity index (χ2n) is 3.92. The zero-order valence-corrected chi connectivity index (χ0v) is 10.5. The van der Waals surface area contributed by atoms with Crippen molar-refractivity contribution in [1.82, 2.24) is 15.2 Å². The Bertz CT molecular complexity index is 349. The van der Waals surface area contributed by atoms with Crippen LogP contribution in [0.15, 0.2) is 6.20 Å². The van der Waals surface area contributed by atoms with Gasteiger partial charge in [-0.05, 0) is 18.6 Å². The summed E-state index contributed by atoms with van der Waals surface area (Å²) < 4.78 is 7.16. The molecule has 6 heteroatoms. The summed E-state index contributed by atoms with van der Waals surface area (Å²) in [7, 11) is 3.58. The van der Waals surface area contributed by atoms with Crippen LogP contribution in [0.2, 0.25) is 0 Å². The van der Waals surface area contributed by atoms with Crippen molar-refractivity contribution in [2.45, 2.75) is 24.1 Å². The van der Waals surface area contributed by atoms with E-state index in [0.29, 0.717) is 5.25 Å². The minimum absolute atomic E-state index is 0.106. The highest BCUT2D eigenvalue weighted by atomic mass is 32.2. The third-order valence-electron chi connectivity index (χ3n) is 2.98. The second kappa shape index (κ2) is 5.07. The number of thioether (sulfide) groups is 1. The minimum atomic E-state index is 0.106. The third-order valence-corrected chi connectivity index (χ3v) is 4.44. The zero-order valence-electron chi connectivity index (χ0n) is 9.64. The number of ether oxygens (including phenoxy) is 1. The summed E-state index contributed by atoms with van der Waals surface area (Å²) >= 11 is 1.96. The van der Waals surface area contributed by atoms with E-state index in [1.165, 1.54) is 18.6 Å². The van der Waals surface area contributed by atoms with E-state index in [1.54, 1.807) is 13.3 Å². The number of aromatic nitrogens is 2. The molecule has 1 fully saturated rings. The number of hydrazine groups is 1. The van der Waals surface area contributed by atoms with Gasteiger partial charge in [-0.3, -0.25) is 16.0 Å². The number of hydrogen-bond acceptors (Lipinski definition) is 5. The van der Waals surface area contributed by atoms with Crippen molar-refractivity contribution in [2.75, 3.05) is 12.9 Å². The molecule has 1 aromatic rings. The molecule has 0 amide bonds. The molecule has 16 heavy (non-hydrogen) atoms. The van der Waals surface area contributed by atoms with E-state index >= 15 is 0 Å². The Balaban J connectivity index is 2.27. The molecule has 0 aromatic carbocycles. The lowest BCUT2D eigenvalue weighted by Crippen LogP contribution is -2.35. The van der Waals surface area contributed by atoms with Gasteiger partial charge in [0.1, 0.15) is 0 Å². The summed E-state index contributed by atoms with van der Waals surface area (Å²) in [5.41, 5.74) is 3.93. The van der Waals surface area contributed by atoms with E-state index in [4.69, 9.17) is 10.6 Å². The van der Waals surface area contributed by atoms with Gasteiger partial charge in [-0.1, -0.05) is 0 Å². The minimum Gasteiger partial charge on any atom is -0.493 e. The Labute approximate surface area is 99.7 Å². The number of nitrogens with two attached hydrogens (primary N) is 1. The van der Waals surface area contributed by atoms with E-state index in [9.17, 15) is 0 Å². The van der Waals surface area contributed by atoms with Gasteiger partial charge in [-0.25, -0.2) is 0 Å². The maximum atomic E-state index is 5.68. The number of hydrogen-bond donors (Lipinski definition) is 2. The van der Waals surface area contributed by atoms with Gasteiger partial charge < -0.3 is 4.74 Å². The summed E-state index contributed by atoms with van der Waals surface area (Å²) in [6, 6.07) is 0.106. The highest BCUT2D eigenvalue weighted by molar-refractivity contribution is 8.00. The van der Waals surface area contributed by atoms with Crippen LogP contribution < -0.4 is 16.0 Å². The lowest BCUT2D eigenvalue weighted by Gasteiger charge is -2.22. The van der Waals surface area contributed by atoms with Crippen LogP contribution in [-0.4, -0.2) is 27.9 Å². The maximum absolute atomic E-state index is 5.68. The van der Waals surface area contributed by atoms with Gasteiger partial charge in [0.25, 0.3) is 0 Å². The van der Waals surface area contributed by atoms with E-state index in [0.717, 1.165) is 11.4 Å². The fourth-order valence-electron chi connectivity index (χ4n) is 2.17. The first-order valence-electron chi connectivity index (χ1n) is 5.41. The average molecular weight is 242 g/mol. The van der Waals surface area contributed by atoms with Crippen LogP contribution in [0.3, 0.4) is 0 Å². The summed E-state index contributed by atoms with van der Waals surface area (Å²) in [4.78, 5) is 0. The summed E-state index contributed by atoms with van der Waals surface area (Å²) in [5.74, 6) is 7.69. The Morgan fingerprint density at radius 3 is 3.12 bits per heavy atom. The van der Waals surface area contributed by atoms with Crippen LogP contribution >= 0.6 is 11.8 Å². The Kier molecular flexibility index (Phi) is 3.73. The largest absolute Gasteiger partial charge is 0.493 e. The van der Waals surface area contributed by atoms with Gasteiger partial charge in [0.2, 0.25) is 0 Å². The molecule has 2 unspecified atom stereocenters. The van der Waals surface area contributed by atoms with Gasteiger partial charge >= 0.3 is 0 Å². The van der Waals surface area contributed by atoms with E-state index in [-0.39, 0.29) is 6.04 Å². The monoisotopic (exact) mass is 242 g/mol. The van der Waals surface area contributed by atoms with E-state index in [1.807, 2.05) is 23.5 Å². The molecule has 2 atom stereocenters. The SMILES string of the molecule is COc1cnn(C)c1C(NN)C1CCCS1. The van der Waals surface area contributed by atoms with Gasteiger partial charge in [-0.15, -0.1) is 0 Å². The smallest absolute Gasteiger partial charge is 0.161 e. The van der Waals surface area contributed by atoms with Crippen molar-refractivity contribution >= 4 is 11.8 Å². The third kappa shape index (κ3) is 2.05. The Morgan fingerprint density at radius 1 is 1.75 bits per heavy atom. The van der Waals surface area contributed by atoms with Crippen LogP contribution in [0.1, 0.15) is 24.6 Å². The van der Waals surface area contributed by atoms with Gasteiger partial charge in [0.05, 0.1) is 25.0 Å². The molecule has 2 rings (SSSR count). The van der Waals surface area contributed by atoms with Crippen molar-refractivity contribution in [3.63, 3.8) is 0 Å². The van der Waals surface area contributed by atoms with Gasteiger partial charge in [0, 0.05) is 12.3 Å². The summed E-state index contributed by atoms with van der Waals surface area (Å²) in [6.07, 6.45) is 4.18. The maximum Gasteiger partial charge on any atom is 0.161 e. The molecule has 0 saturated carbocycles. The fraction of sp³-hybridized carbons (Fsp3) is 0.700. The second-order valence-corrected chi connectivity index (χ2v) is 5.26. The number of nitrogens with one attached hydrogen (secondary N) is 1. The molecule has 0 bridgehead atoms. The van der Waals surface area contributed by atoms with Crippen LogP contribution in [0.25, 0.3) is 0 Å². The molecule has 2 heterocycles. The van der Waals surface area contributed by atoms with Crippen molar-refractivity contribution in [2.24, 2.45) is 12.9 Å². The molecule has 5 nitrogen and oxygen atoms in total. The highest BCUT2D eigenvalue weighted by Gasteiger charge is 2.30. The molecular weight excluding hydrogens is 224 g/mol. The topological polar surface area (TPSA) is 65.1 Å². The molecule has 1 saturated heterocycles. The van der Waals surface area contributed by atoms with Crippen molar-refractivity contribution in [3.8, 4) is 5.75 Å². The predicted octanol–water partition coefficient (Wildman–Crippen LogP) is 0.829. The molecule has 0 aliphatic carbocycles. The Hall–Kier alpha value is -0.720. The quantitative estimate of drug-likeness (QED) is 0.605. The first kappa shape index (κ1) is 11.8. The number of methoxy groups -OCH3 is 1. The normalized spacial score (nSPS) is 22.3. The van der Waals surface area contributed by atoms with E-state index in [2.05, 4.69) is 10.5 Å². The standard InChI is InChI=1S/C10H18N4OS/c1-14-10(7(15-2)6-12-14)9(13-11)8-4-3-5-16-8/h6,8-9,13H,3-5,11H2,1-2H3. The Morgan fingerprint density at radius 2 is 2.56 bits per heavy atom. The van der Waals surface area contributed by atoms with Crippen LogP contribution in [0, 0.1) is 0 Å². The summed E-state index contributed by atoms with van der Waals surface area (Å²) in [6.45, 7) is 0. The molecule has 1 aromatic heterocycles. The van der Waals surface area contributed by atoms with Crippen molar-refractivity contribution in [3.05, 3.63) is 11.9 Å². The van der Waals surface area contributed by atoms with Crippen LogP contribution in [0.5, 0.6) is 5.75 Å². The molecule has 1 aliphatic heterocycles. The van der Waals surface area contributed by atoms with Crippen LogP contribution in [-0.2, 0) is 7.05 Å². The number of rotatable bonds is 4. The first-order valence-corrected chi connectivity index (χ1v) is 6.46. The van der Waals surface area contributed by atoms with Crippen LogP contribution in [0.4, 0.5) is 0 Å². The molecule has 90 valence electrons. The number of nitrogens with zero attached hydrogens (tertiary/aromatic N) is 2. The molecule has 0 spiro atoms. The number of aryl methyl sites for hydroxylation is 1.